The minimum atomic E-state index is 0.189. The number of carbonyl (C=O) groups is 1. The molecule has 2 unspecified atom stereocenters. The van der Waals surface area contributed by atoms with Crippen molar-refractivity contribution in [1.82, 2.24) is 0 Å². The van der Waals surface area contributed by atoms with E-state index in [0.717, 1.165) is 37.4 Å². The van der Waals surface area contributed by atoms with E-state index in [4.69, 9.17) is 4.74 Å². The maximum absolute atomic E-state index is 12.1. The summed E-state index contributed by atoms with van der Waals surface area (Å²) in [6, 6.07) is 6.22. The van der Waals surface area contributed by atoms with Gasteiger partial charge in [0.2, 0.25) is 0 Å². The maximum Gasteiger partial charge on any atom is 0.136 e. The summed E-state index contributed by atoms with van der Waals surface area (Å²) in [4.78, 5) is 12.1. The number of rotatable bonds is 4. The Hall–Kier alpha value is -1.31. The number of hydrogen-bond donors (Lipinski definition) is 0. The van der Waals surface area contributed by atoms with Crippen LogP contribution in [0.25, 0.3) is 0 Å². The molecule has 0 aliphatic heterocycles. The second-order valence-electron chi connectivity index (χ2n) is 5.73. The molecule has 1 saturated carbocycles. The van der Waals surface area contributed by atoms with Crippen LogP contribution in [0, 0.1) is 18.8 Å². The van der Waals surface area contributed by atoms with E-state index in [9.17, 15) is 4.79 Å². The molecule has 2 rings (SSSR count). The van der Waals surface area contributed by atoms with Crippen LogP contribution in [0.5, 0.6) is 5.75 Å². The van der Waals surface area contributed by atoms with Crippen LogP contribution in [-0.4, -0.2) is 12.9 Å². The van der Waals surface area contributed by atoms with Gasteiger partial charge in [0.1, 0.15) is 11.5 Å². The van der Waals surface area contributed by atoms with Gasteiger partial charge >= 0.3 is 0 Å². The van der Waals surface area contributed by atoms with Crippen LogP contribution in [0.3, 0.4) is 0 Å². The van der Waals surface area contributed by atoms with Crippen molar-refractivity contribution in [2.24, 2.45) is 11.8 Å². The lowest BCUT2D eigenvalue weighted by Gasteiger charge is -2.27. The number of ether oxygens (including phenoxy) is 1. The zero-order valence-corrected chi connectivity index (χ0v) is 12.2. The van der Waals surface area contributed by atoms with E-state index < -0.39 is 0 Å². The predicted octanol–water partition coefficient (Wildman–Crippen LogP) is 3.94. The van der Waals surface area contributed by atoms with Crippen molar-refractivity contribution < 1.29 is 9.53 Å². The number of hydrogen-bond acceptors (Lipinski definition) is 2. The lowest BCUT2D eigenvalue weighted by atomic mass is 9.76. The zero-order chi connectivity index (χ0) is 13.8. The van der Waals surface area contributed by atoms with Gasteiger partial charge in [-0.2, -0.15) is 0 Å². The van der Waals surface area contributed by atoms with Gasteiger partial charge in [0.05, 0.1) is 7.11 Å². The highest BCUT2D eigenvalue weighted by Gasteiger charge is 2.28. The summed E-state index contributed by atoms with van der Waals surface area (Å²) in [5, 5.41) is 0. The Bertz CT molecular complexity index is 451. The molecule has 0 spiro atoms. The van der Waals surface area contributed by atoms with Crippen LogP contribution in [0.2, 0.25) is 0 Å². The molecule has 1 aromatic rings. The van der Waals surface area contributed by atoms with E-state index in [1.165, 1.54) is 17.5 Å². The van der Waals surface area contributed by atoms with Crippen LogP contribution in [-0.2, 0) is 11.2 Å². The fourth-order valence-corrected chi connectivity index (χ4v) is 3.10. The maximum atomic E-state index is 12.1. The van der Waals surface area contributed by atoms with Crippen molar-refractivity contribution in [3.63, 3.8) is 0 Å². The molecule has 1 aromatic carbocycles. The SMILES string of the molecule is CCC1CCC(=O)C(Cc2cc(C)ccc2OC)C1. The quantitative estimate of drug-likeness (QED) is 0.819. The summed E-state index contributed by atoms with van der Waals surface area (Å²) in [6.07, 6.45) is 4.91. The fraction of sp³-hybridized carbons (Fsp3) is 0.588. The van der Waals surface area contributed by atoms with Crippen molar-refractivity contribution in [2.75, 3.05) is 7.11 Å². The van der Waals surface area contributed by atoms with Crippen molar-refractivity contribution in [1.29, 1.82) is 0 Å². The summed E-state index contributed by atoms with van der Waals surface area (Å²) in [7, 11) is 1.70. The Morgan fingerprint density at radius 1 is 1.37 bits per heavy atom. The molecule has 0 saturated heterocycles. The highest BCUT2D eigenvalue weighted by molar-refractivity contribution is 5.82. The van der Waals surface area contributed by atoms with Crippen LogP contribution in [0.15, 0.2) is 18.2 Å². The number of carbonyl (C=O) groups excluding carboxylic acids is 1. The first kappa shape index (κ1) is 14.1. The summed E-state index contributed by atoms with van der Waals surface area (Å²) >= 11 is 0. The zero-order valence-electron chi connectivity index (χ0n) is 12.2. The van der Waals surface area contributed by atoms with E-state index in [1.807, 2.05) is 6.07 Å². The normalized spacial score (nSPS) is 23.4. The molecule has 0 bridgehead atoms. The first-order chi connectivity index (χ1) is 9.13. The van der Waals surface area contributed by atoms with Crippen molar-refractivity contribution in [3.05, 3.63) is 29.3 Å². The summed E-state index contributed by atoms with van der Waals surface area (Å²) < 4.78 is 5.42. The second-order valence-corrected chi connectivity index (χ2v) is 5.73. The Morgan fingerprint density at radius 3 is 2.84 bits per heavy atom. The Morgan fingerprint density at radius 2 is 2.16 bits per heavy atom. The minimum Gasteiger partial charge on any atom is -0.496 e. The third-order valence-corrected chi connectivity index (χ3v) is 4.35. The summed E-state index contributed by atoms with van der Waals surface area (Å²) in [5.41, 5.74) is 2.41. The molecule has 0 radical (unpaired) electrons. The smallest absolute Gasteiger partial charge is 0.136 e. The minimum absolute atomic E-state index is 0.189. The molecule has 2 nitrogen and oxygen atoms in total. The molecule has 0 heterocycles. The Balaban J connectivity index is 2.15. The van der Waals surface area contributed by atoms with Crippen molar-refractivity contribution >= 4 is 5.78 Å². The second kappa shape index (κ2) is 6.23. The molecule has 104 valence electrons. The predicted molar refractivity (Wildman–Crippen MR) is 77.6 cm³/mol. The van der Waals surface area contributed by atoms with E-state index in [1.54, 1.807) is 7.11 Å². The lowest BCUT2D eigenvalue weighted by Crippen LogP contribution is -2.26. The molecule has 2 heteroatoms. The third kappa shape index (κ3) is 3.37. The number of aryl methyl sites for hydroxylation is 1. The molecule has 1 aliphatic carbocycles. The molecule has 1 fully saturated rings. The van der Waals surface area contributed by atoms with E-state index in [-0.39, 0.29) is 5.92 Å². The van der Waals surface area contributed by atoms with Crippen LogP contribution in [0.1, 0.15) is 43.7 Å². The highest BCUT2D eigenvalue weighted by Crippen LogP contribution is 2.33. The average Bonchev–Trinajstić information content (AvgIpc) is 2.41. The summed E-state index contributed by atoms with van der Waals surface area (Å²) in [5.74, 6) is 2.26. The molecule has 0 N–H and O–H groups in total. The van der Waals surface area contributed by atoms with Gasteiger partial charge < -0.3 is 4.74 Å². The standard InChI is InChI=1S/C17H24O2/c1-4-13-6-7-16(18)14(10-13)11-15-9-12(2)5-8-17(15)19-3/h5,8-9,13-14H,4,6-7,10-11H2,1-3H3. The molecule has 1 aliphatic rings. The van der Waals surface area contributed by atoms with Gasteiger partial charge in [-0.25, -0.2) is 0 Å². The van der Waals surface area contributed by atoms with E-state index in [2.05, 4.69) is 26.0 Å². The lowest BCUT2D eigenvalue weighted by molar-refractivity contribution is -0.125. The molecular formula is C17H24O2. The van der Waals surface area contributed by atoms with E-state index >= 15 is 0 Å². The van der Waals surface area contributed by atoms with Gasteiger partial charge in [0, 0.05) is 12.3 Å². The largest absolute Gasteiger partial charge is 0.496 e. The molecule has 2 atom stereocenters. The van der Waals surface area contributed by atoms with Crippen molar-refractivity contribution in [3.8, 4) is 5.75 Å². The van der Waals surface area contributed by atoms with Crippen LogP contribution >= 0.6 is 0 Å². The van der Waals surface area contributed by atoms with Crippen molar-refractivity contribution in [2.45, 2.75) is 46.0 Å². The molecular weight excluding hydrogens is 236 g/mol. The monoisotopic (exact) mass is 260 g/mol. The molecule has 0 amide bonds. The first-order valence-electron chi connectivity index (χ1n) is 7.30. The number of benzene rings is 1. The Labute approximate surface area is 116 Å². The van der Waals surface area contributed by atoms with Crippen LogP contribution in [0.4, 0.5) is 0 Å². The van der Waals surface area contributed by atoms with Gasteiger partial charge in [-0.1, -0.05) is 31.0 Å². The van der Waals surface area contributed by atoms with Gasteiger partial charge in [0.25, 0.3) is 0 Å². The highest BCUT2D eigenvalue weighted by atomic mass is 16.5. The first-order valence-corrected chi connectivity index (χ1v) is 7.30. The van der Waals surface area contributed by atoms with E-state index in [0.29, 0.717) is 5.78 Å². The number of Topliss-reactive ketones (excluding diaryl/α,β-unsaturated/α-hetero) is 1. The van der Waals surface area contributed by atoms with Gasteiger partial charge in [-0.3, -0.25) is 4.79 Å². The van der Waals surface area contributed by atoms with Gasteiger partial charge in [-0.15, -0.1) is 0 Å². The fourth-order valence-electron chi connectivity index (χ4n) is 3.10. The Kier molecular flexibility index (Phi) is 4.62. The number of ketones is 1. The molecule has 0 aromatic heterocycles. The third-order valence-electron chi connectivity index (χ3n) is 4.35. The number of methoxy groups -OCH3 is 1. The van der Waals surface area contributed by atoms with Gasteiger partial charge in [0.15, 0.2) is 0 Å². The summed E-state index contributed by atoms with van der Waals surface area (Å²) in [6.45, 7) is 4.31. The van der Waals surface area contributed by atoms with Crippen LogP contribution < -0.4 is 4.74 Å². The van der Waals surface area contributed by atoms with Gasteiger partial charge in [-0.05, 0) is 43.7 Å². The molecule has 19 heavy (non-hydrogen) atoms. The topological polar surface area (TPSA) is 26.3 Å². The average molecular weight is 260 g/mol.